The second kappa shape index (κ2) is 6.96. The summed E-state index contributed by atoms with van der Waals surface area (Å²) in [6, 6.07) is 8.84. The van der Waals surface area contributed by atoms with E-state index in [0.717, 1.165) is 18.3 Å². The molecule has 2 aliphatic carbocycles. The summed E-state index contributed by atoms with van der Waals surface area (Å²) in [7, 11) is 0. The van der Waals surface area contributed by atoms with Gasteiger partial charge in [0, 0.05) is 0 Å². The molecule has 3 rings (SSSR count). The van der Waals surface area contributed by atoms with Gasteiger partial charge in [-0.2, -0.15) is 0 Å². The van der Waals surface area contributed by atoms with Gasteiger partial charge in [-0.05, 0) is 67.6 Å². The Bertz CT molecular complexity index is 602. The zero-order valence-corrected chi connectivity index (χ0v) is 13.6. The van der Waals surface area contributed by atoms with Crippen LogP contribution in [-0.2, 0) is 0 Å². The molecule has 0 bridgehead atoms. The van der Waals surface area contributed by atoms with Crippen molar-refractivity contribution >= 4 is 5.57 Å². The van der Waals surface area contributed by atoms with E-state index in [1.807, 2.05) is 0 Å². The SMILES string of the molecule is C=CC1CCC(C2=CCC=C(c3ccc(C)cc3)C=C2)CC1. The molecule has 0 aliphatic heterocycles. The number of allylic oxidation sites excluding steroid dienone is 7. The Morgan fingerprint density at radius 3 is 2.36 bits per heavy atom. The van der Waals surface area contributed by atoms with Crippen LogP contribution in [0.1, 0.15) is 43.2 Å². The van der Waals surface area contributed by atoms with Crippen molar-refractivity contribution < 1.29 is 0 Å². The highest BCUT2D eigenvalue weighted by atomic mass is 14.3. The van der Waals surface area contributed by atoms with Gasteiger partial charge in [0.1, 0.15) is 0 Å². The molecular formula is C22H26. The molecule has 22 heavy (non-hydrogen) atoms. The van der Waals surface area contributed by atoms with Crippen molar-refractivity contribution in [2.24, 2.45) is 11.8 Å². The molecule has 0 heterocycles. The summed E-state index contributed by atoms with van der Waals surface area (Å²) in [5.74, 6) is 1.49. The average Bonchev–Trinajstić information content (AvgIpc) is 2.82. The van der Waals surface area contributed by atoms with Crippen LogP contribution in [0.15, 0.2) is 66.8 Å². The van der Waals surface area contributed by atoms with E-state index in [4.69, 9.17) is 0 Å². The Hall–Kier alpha value is -1.82. The Morgan fingerprint density at radius 2 is 1.68 bits per heavy atom. The number of hydrogen-bond donors (Lipinski definition) is 0. The van der Waals surface area contributed by atoms with Gasteiger partial charge in [0.2, 0.25) is 0 Å². The van der Waals surface area contributed by atoms with Crippen molar-refractivity contribution in [2.45, 2.75) is 39.0 Å². The van der Waals surface area contributed by atoms with E-state index in [-0.39, 0.29) is 0 Å². The first-order valence-electron chi connectivity index (χ1n) is 8.54. The fourth-order valence-corrected chi connectivity index (χ4v) is 3.60. The van der Waals surface area contributed by atoms with Gasteiger partial charge < -0.3 is 0 Å². The van der Waals surface area contributed by atoms with E-state index in [0.29, 0.717) is 0 Å². The molecule has 0 spiro atoms. The summed E-state index contributed by atoms with van der Waals surface area (Å²) in [5.41, 5.74) is 5.54. The molecule has 0 aromatic heterocycles. The van der Waals surface area contributed by atoms with E-state index in [1.54, 1.807) is 5.57 Å². The van der Waals surface area contributed by atoms with Gasteiger partial charge in [0.15, 0.2) is 0 Å². The molecule has 1 aromatic rings. The third kappa shape index (κ3) is 3.50. The first kappa shape index (κ1) is 15.1. The summed E-state index contributed by atoms with van der Waals surface area (Å²) in [6.45, 7) is 6.09. The predicted octanol–water partition coefficient (Wildman–Crippen LogP) is 6.26. The molecule has 0 atom stereocenters. The van der Waals surface area contributed by atoms with Crippen LogP contribution in [0.4, 0.5) is 0 Å². The van der Waals surface area contributed by atoms with E-state index in [2.05, 4.69) is 68.1 Å². The smallest absolute Gasteiger partial charge is 0.0154 e. The monoisotopic (exact) mass is 290 g/mol. The molecule has 1 saturated carbocycles. The van der Waals surface area contributed by atoms with Gasteiger partial charge in [-0.3, -0.25) is 0 Å². The Kier molecular flexibility index (Phi) is 4.77. The van der Waals surface area contributed by atoms with Crippen LogP contribution in [0.25, 0.3) is 5.57 Å². The number of benzene rings is 1. The quantitative estimate of drug-likeness (QED) is 0.576. The molecule has 1 aromatic carbocycles. The van der Waals surface area contributed by atoms with Crippen LogP contribution in [0.3, 0.4) is 0 Å². The first-order chi connectivity index (χ1) is 10.8. The van der Waals surface area contributed by atoms with Crippen LogP contribution in [-0.4, -0.2) is 0 Å². The topological polar surface area (TPSA) is 0 Å². The summed E-state index contributed by atoms with van der Waals surface area (Å²) >= 11 is 0. The van der Waals surface area contributed by atoms with Crippen LogP contribution in [0.2, 0.25) is 0 Å². The van der Waals surface area contributed by atoms with Crippen molar-refractivity contribution in [3.63, 3.8) is 0 Å². The zero-order valence-electron chi connectivity index (χ0n) is 13.6. The molecule has 1 fully saturated rings. The van der Waals surface area contributed by atoms with E-state index in [1.165, 1.54) is 42.4 Å². The summed E-state index contributed by atoms with van der Waals surface area (Å²) in [5, 5.41) is 0. The largest absolute Gasteiger partial charge is 0.103 e. The number of rotatable bonds is 3. The maximum atomic E-state index is 3.95. The minimum Gasteiger partial charge on any atom is -0.103 e. The molecule has 0 nitrogen and oxygen atoms in total. The molecule has 0 N–H and O–H groups in total. The lowest BCUT2D eigenvalue weighted by molar-refractivity contribution is 0.348. The zero-order chi connectivity index (χ0) is 15.4. The highest BCUT2D eigenvalue weighted by Gasteiger charge is 2.21. The predicted molar refractivity (Wildman–Crippen MR) is 96.6 cm³/mol. The molecule has 2 aliphatic rings. The maximum Gasteiger partial charge on any atom is -0.0154 e. The second-order valence-electron chi connectivity index (χ2n) is 6.65. The fourth-order valence-electron chi connectivity index (χ4n) is 3.60. The van der Waals surface area contributed by atoms with Crippen molar-refractivity contribution in [3.05, 3.63) is 77.9 Å². The molecule has 114 valence electrons. The second-order valence-corrected chi connectivity index (χ2v) is 6.65. The van der Waals surface area contributed by atoms with Gasteiger partial charge in [-0.25, -0.2) is 0 Å². The third-order valence-electron chi connectivity index (χ3n) is 5.11. The molecule has 0 saturated heterocycles. The number of aryl methyl sites for hydroxylation is 1. The van der Waals surface area contributed by atoms with Gasteiger partial charge in [-0.15, -0.1) is 6.58 Å². The summed E-state index contributed by atoms with van der Waals surface area (Å²) < 4.78 is 0. The van der Waals surface area contributed by atoms with E-state index < -0.39 is 0 Å². The Morgan fingerprint density at radius 1 is 0.955 bits per heavy atom. The molecule has 0 unspecified atom stereocenters. The highest BCUT2D eigenvalue weighted by molar-refractivity contribution is 5.75. The summed E-state index contributed by atoms with van der Waals surface area (Å²) in [4.78, 5) is 0. The lowest BCUT2D eigenvalue weighted by Crippen LogP contribution is -2.14. The lowest BCUT2D eigenvalue weighted by Gasteiger charge is -2.27. The molecular weight excluding hydrogens is 264 g/mol. The molecule has 0 radical (unpaired) electrons. The van der Waals surface area contributed by atoms with Crippen LogP contribution in [0.5, 0.6) is 0 Å². The normalized spacial score (nSPS) is 25.1. The maximum absolute atomic E-state index is 3.95. The van der Waals surface area contributed by atoms with Crippen molar-refractivity contribution in [3.8, 4) is 0 Å². The molecule has 0 heteroatoms. The fraction of sp³-hybridized carbons (Fsp3) is 0.364. The third-order valence-corrected chi connectivity index (χ3v) is 5.11. The van der Waals surface area contributed by atoms with Gasteiger partial charge in [-0.1, -0.05) is 60.2 Å². The van der Waals surface area contributed by atoms with Crippen LogP contribution >= 0.6 is 0 Å². The van der Waals surface area contributed by atoms with Crippen LogP contribution < -0.4 is 0 Å². The van der Waals surface area contributed by atoms with Crippen molar-refractivity contribution in [2.75, 3.05) is 0 Å². The van der Waals surface area contributed by atoms with E-state index >= 15 is 0 Å². The Labute approximate surface area is 135 Å². The molecule has 0 amide bonds. The van der Waals surface area contributed by atoms with Gasteiger partial charge in [0.05, 0.1) is 0 Å². The highest BCUT2D eigenvalue weighted by Crippen LogP contribution is 2.35. The van der Waals surface area contributed by atoms with Crippen molar-refractivity contribution in [1.29, 1.82) is 0 Å². The average molecular weight is 290 g/mol. The minimum atomic E-state index is 0.743. The van der Waals surface area contributed by atoms with E-state index in [9.17, 15) is 0 Å². The first-order valence-corrected chi connectivity index (χ1v) is 8.54. The lowest BCUT2D eigenvalue weighted by atomic mass is 9.78. The Balaban J connectivity index is 1.69. The number of hydrogen-bond acceptors (Lipinski definition) is 0. The van der Waals surface area contributed by atoms with Crippen LogP contribution in [0, 0.1) is 18.8 Å². The minimum absolute atomic E-state index is 0.743. The van der Waals surface area contributed by atoms with Gasteiger partial charge >= 0.3 is 0 Å². The standard InChI is InChI=1S/C22H26/c1-3-18-9-13-22(14-10-18)20-6-4-5-19(15-16-20)21-11-7-17(2)8-12-21/h3,5-8,11-12,15-16,18,22H,1,4,9-10,13-14H2,2H3. The van der Waals surface area contributed by atoms with Crippen molar-refractivity contribution in [1.82, 2.24) is 0 Å². The summed E-state index contributed by atoms with van der Waals surface area (Å²) in [6.07, 6.45) is 17.9. The van der Waals surface area contributed by atoms with Gasteiger partial charge in [0.25, 0.3) is 0 Å².